The highest BCUT2D eigenvalue weighted by molar-refractivity contribution is 6.20. The Morgan fingerprint density at radius 2 is 1.67 bits per heavy atom. The van der Waals surface area contributed by atoms with Gasteiger partial charge in [0.05, 0.1) is 18.0 Å². The second kappa shape index (κ2) is 8.27. The molecule has 0 saturated heterocycles. The molecule has 136 valence electrons. The number of aromatic nitrogens is 2. The fourth-order valence-corrected chi connectivity index (χ4v) is 2.69. The quantitative estimate of drug-likeness (QED) is 0.288. The number of rotatable bonds is 6. The zero-order valence-electron chi connectivity index (χ0n) is 15.3. The molecule has 0 aliphatic heterocycles. The molecular formula is C22H20N2O3. The van der Waals surface area contributed by atoms with Crippen LogP contribution in [-0.4, -0.2) is 28.1 Å². The molecule has 0 N–H and O–H groups in total. The zero-order valence-corrected chi connectivity index (χ0v) is 15.3. The third-order valence-corrected chi connectivity index (χ3v) is 3.98. The van der Waals surface area contributed by atoms with Crippen LogP contribution in [0.1, 0.15) is 19.4 Å². The van der Waals surface area contributed by atoms with Crippen molar-refractivity contribution in [2.45, 2.75) is 13.8 Å². The van der Waals surface area contributed by atoms with Crippen molar-refractivity contribution in [3.05, 3.63) is 78.0 Å². The van der Waals surface area contributed by atoms with Gasteiger partial charge in [0, 0.05) is 17.3 Å². The number of ketones is 1. The van der Waals surface area contributed by atoms with Gasteiger partial charge < -0.3 is 4.74 Å². The normalized spacial score (nSPS) is 11.3. The molecular weight excluding hydrogens is 340 g/mol. The maximum atomic E-state index is 12.2. The fourth-order valence-electron chi connectivity index (χ4n) is 2.69. The van der Waals surface area contributed by atoms with Crippen LogP contribution in [-0.2, 0) is 14.3 Å². The van der Waals surface area contributed by atoms with Gasteiger partial charge in [0.25, 0.3) is 0 Å². The predicted molar refractivity (Wildman–Crippen MR) is 104 cm³/mol. The van der Waals surface area contributed by atoms with Crippen molar-refractivity contribution in [2.24, 2.45) is 0 Å². The molecule has 5 nitrogen and oxygen atoms in total. The molecule has 2 aromatic carbocycles. The largest absolute Gasteiger partial charge is 0.462 e. The van der Waals surface area contributed by atoms with Gasteiger partial charge in [0.1, 0.15) is 5.57 Å². The number of ether oxygens (including phenoxy) is 1. The highest BCUT2D eigenvalue weighted by Gasteiger charge is 2.18. The van der Waals surface area contributed by atoms with E-state index >= 15 is 0 Å². The molecule has 0 unspecified atom stereocenters. The van der Waals surface area contributed by atoms with Gasteiger partial charge in [-0.15, -0.1) is 0 Å². The molecule has 5 heteroatoms. The Labute approximate surface area is 157 Å². The molecule has 0 fully saturated rings. The summed E-state index contributed by atoms with van der Waals surface area (Å²) in [5, 5.41) is 4.68. The molecule has 0 bridgehead atoms. The first-order chi connectivity index (χ1) is 13.1. The number of carbonyl (C=O) groups is 2. The third-order valence-electron chi connectivity index (χ3n) is 3.98. The van der Waals surface area contributed by atoms with Crippen LogP contribution in [0.25, 0.3) is 23.0 Å². The van der Waals surface area contributed by atoms with E-state index in [4.69, 9.17) is 4.74 Å². The topological polar surface area (TPSA) is 61.2 Å². The molecule has 0 saturated carbocycles. The van der Waals surface area contributed by atoms with Crippen molar-refractivity contribution >= 4 is 17.8 Å². The Bertz CT molecular complexity index is 973. The molecule has 0 aliphatic carbocycles. The maximum absolute atomic E-state index is 12.2. The van der Waals surface area contributed by atoms with Gasteiger partial charge in [-0.3, -0.25) is 4.79 Å². The average molecular weight is 360 g/mol. The summed E-state index contributed by atoms with van der Waals surface area (Å²) in [6, 6.07) is 19.3. The molecule has 3 rings (SSSR count). The van der Waals surface area contributed by atoms with Crippen molar-refractivity contribution in [3.8, 4) is 16.9 Å². The highest BCUT2D eigenvalue weighted by Crippen LogP contribution is 2.26. The summed E-state index contributed by atoms with van der Waals surface area (Å²) in [5.41, 5.74) is 3.13. The molecule has 1 heterocycles. The van der Waals surface area contributed by atoms with Crippen LogP contribution in [0.2, 0.25) is 0 Å². The lowest BCUT2D eigenvalue weighted by Gasteiger charge is -2.04. The van der Waals surface area contributed by atoms with Crippen LogP contribution in [0.3, 0.4) is 0 Å². The summed E-state index contributed by atoms with van der Waals surface area (Å²) >= 11 is 0. The summed E-state index contributed by atoms with van der Waals surface area (Å²) in [7, 11) is 0. The highest BCUT2D eigenvalue weighted by atomic mass is 16.5. The Balaban J connectivity index is 2.15. The molecule has 0 amide bonds. The van der Waals surface area contributed by atoms with E-state index in [0.717, 1.165) is 11.3 Å². The molecule has 3 aromatic rings. The Morgan fingerprint density at radius 3 is 2.26 bits per heavy atom. The van der Waals surface area contributed by atoms with Gasteiger partial charge >= 0.3 is 5.97 Å². The van der Waals surface area contributed by atoms with Crippen molar-refractivity contribution in [2.75, 3.05) is 6.61 Å². The van der Waals surface area contributed by atoms with Crippen LogP contribution in [0.15, 0.2) is 72.4 Å². The third kappa shape index (κ3) is 4.20. The monoisotopic (exact) mass is 360 g/mol. The second-order valence-corrected chi connectivity index (χ2v) is 5.91. The summed E-state index contributed by atoms with van der Waals surface area (Å²) in [5.74, 6) is -0.976. The number of hydrogen-bond donors (Lipinski definition) is 0. The fraction of sp³-hybridized carbons (Fsp3) is 0.136. The smallest absolute Gasteiger partial charge is 0.341 e. The van der Waals surface area contributed by atoms with E-state index in [9.17, 15) is 9.59 Å². The first kappa shape index (κ1) is 18.3. The molecule has 0 atom stereocenters. The van der Waals surface area contributed by atoms with Crippen molar-refractivity contribution in [1.82, 2.24) is 9.78 Å². The number of esters is 1. The first-order valence-electron chi connectivity index (χ1n) is 8.70. The van der Waals surface area contributed by atoms with Crippen molar-refractivity contribution in [3.63, 3.8) is 0 Å². The minimum atomic E-state index is -0.628. The summed E-state index contributed by atoms with van der Waals surface area (Å²) in [6.45, 7) is 3.27. The summed E-state index contributed by atoms with van der Waals surface area (Å²) < 4.78 is 6.75. The van der Waals surface area contributed by atoms with Crippen LogP contribution < -0.4 is 0 Å². The van der Waals surface area contributed by atoms with Gasteiger partial charge in [-0.2, -0.15) is 5.10 Å². The Hall–Kier alpha value is -3.47. The van der Waals surface area contributed by atoms with Gasteiger partial charge in [-0.1, -0.05) is 48.5 Å². The SMILES string of the molecule is CCOC(=O)/C(=C/c1cn(-c2ccccc2)nc1-c1ccccc1)C(C)=O. The van der Waals surface area contributed by atoms with E-state index in [-0.39, 0.29) is 18.0 Å². The lowest BCUT2D eigenvalue weighted by Crippen LogP contribution is -2.13. The van der Waals surface area contributed by atoms with Gasteiger partial charge in [-0.05, 0) is 32.1 Å². The first-order valence-corrected chi connectivity index (χ1v) is 8.70. The number of benzene rings is 2. The van der Waals surface area contributed by atoms with E-state index < -0.39 is 5.97 Å². The van der Waals surface area contributed by atoms with Gasteiger partial charge in [0.2, 0.25) is 0 Å². The van der Waals surface area contributed by atoms with E-state index in [1.165, 1.54) is 6.92 Å². The molecule has 0 radical (unpaired) electrons. The standard InChI is InChI=1S/C22H20N2O3/c1-3-27-22(26)20(16(2)25)14-18-15-24(19-12-8-5-9-13-19)23-21(18)17-10-6-4-7-11-17/h4-15H,3H2,1-2H3/b20-14+. The average Bonchev–Trinajstić information content (AvgIpc) is 3.11. The van der Waals surface area contributed by atoms with Crippen LogP contribution >= 0.6 is 0 Å². The van der Waals surface area contributed by atoms with Crippen LogP contribution in [0, 0.1) is 0 Å². The zero-order chi connectivity index (χ0) is 19.2. The molecule has 0 aliphatic rings. The van der Waals surface area contributed by atoms with Gasteiger partial charge in [-0.25, -0.2) is 9.48 Å². The van der Waals surface area contributed by atoms with E-state index in [1.54, 1.807) is 23.9 Å². The van der Waals surface area contributed by atoms with Crippen LogP contribution in [0.4, 0.5) is 0 Å². The van der Waals surface area contributed by atoms with Crippen LogP contribution in [0.5, 0.6) is 0 Å². The maximum Gasteiger partial charge on any atom is 0.341 e. The van der Waals surface area contributed by atoms with E-state index in [2.05, 4.69) is 5.10 Å². The number of hydrogen-bond acceptors (Lipinski definition) is 4. The van der Waals surface area contributed by atoms with E-state index in [1.807, 2.05) is 60.7 Å². The lowest BCUT2D eigenvalue weighted by molar-refractivity contribution is -0.139. The number of carbonyl (C=O) groups excluding carboxylic acids is 2. The summed E-state index contributed by atoms with van der Waals surface area (Å²) in [6.07, 6.45) is 3.36. The lowest BCUT2D eigenvalue weighted by atomic mass is 10.0. The minimum Gasteiger partial charge on any atom is -0.462 e. The minimum absolute atomic E-state index is 0.00152. The van der Waals surface area contributed by atoms with Gasteiger partial charge in [0.15, 0.2) is 5.78 Å². The number of nitrogens with zero attached hydrogens (tertiary/aromatic N) is 2. The predicted octanol–water partition coefficient (Wildman–Crippen LogP) is 4.07. The molecule has 27 heavy (non-hydrogen) atoms. The molecule has 0 spiro atoms. The number of para-hydroxylation sites is 1. The Morgan fingerprint density at radius 1 is 1.04 bits per heavy atom. The van der Waals surface area contributed by atoms with Crippen molar-refractivity contribution in [1.29, 1.82) is 0 Å². The number of Topliss-reactive ketones (excluding diaryl/α,β-unsaturated/α-hetero) is 1. The second-order valence-electron chi connectivity index (χ2n) is 5.91. The van der Waals surface area contributed by atoms with Crippen molar-refractivity contribution < 1.29 is 14.3 Å². The summed E-state index contributed by atoms with van der Waals surface area (Å²) in [4.78, 5) is 24.2. The van der Waals surface area contributed by atoms with E-state index in [0.29, 0.717) is 11.3 Å². The Kier molecular flexibility index (Phi) is 5.61. The molecule has 1 aromatic heterocycles.